The smallest absolute Gasteiger partial charge is 0.128 e. The van der Waals surface area contributed by atoms with E-state index in [2.05, 4.69) is 20.9 Å². The minimum atomic E-state index is 0.520. The molecular weight excluding hydrogens is 390 g/mol. The third-order valence-electron chi connectivity index (χ3n) is 3.71. The van der Waals surface area contributed by atoms with E-state index in [0.29, 0.717) is 13.2 Å². The number of hydrogen-bond acceptors (Lipinski definition) is 3. The van der Waals surface area contributed by atoms with E-state index >= 15 is 0 Å². The lowest BCUT2D eigenvalue weighted by atomic mass is 10.2. The normalized spacial score (nSPS) is 10.8. The Morgan fingerprint density at radius 3 is 2.42 bits per heavy atom. The van der Waals surface area contributed by atoms with Gasteiger partial charge in [-0.2, -0.15) is 0 Å². The third kappa shape index (κ3) is 5.20. The second kappa shape index (κ2) is 9.20. The monoisotopic (exact) mass is 409 g/mol. The van der Waals surface area contributed by atoms with Crippen LogP contribution >= 0.6 is 15.9 Å². The first-order valence-electron chi connectivity index (χ1n) is 8.48. The number of nitrogens with zero attached hydrogens (tertiary/aromatic N) is 1. The molecule has 0 aliphatic carbocycles. The van der Waals surface area contributed by atoms with E-state index < -0.39 is 0 Å². The maximum atomic E-state index is 5.99. The van der Waals surface area contributed by atoms with E-state index in [4.69, 9.17) is 9.47 Å². The van der Waals surface area contributed by atoms with Gasteiger partial charge in [-0.15, -0.1) is 0 Å². The van der Waals surface area contributed by atoms with Gasteiger partial charge in [-0.1, -0.05) is 46.3 Å². The van der Waals surface area contributed by atoms with Crippen molar-refractivity contribution >= 4 is 27.8 Å². The Balaban J connectivity index is 1.74. The summed E-state index contributed by atoms with van der Waals surface area (Å²) in [7, 11) is 0. The average Bonchev–Trinajstić information content (AvgIpc) is 2.68. The predicted octanol–water partition coefficient (Wildman–Crippen LogP) is 6.18. The number of hydrogen-bond donors (Lipinski definition) is 0. The Hall–Kier alpha value is -2.59. The van der Waals surface area contributed by atoms with Crippen molar-refractivity contribution < 1.29 is 9.47 Å². The summed E-state index contributed by atoms with van der Waals surface area (Å²) < 4.78 is 12.4. The van der Waals surface area contributed by atoms with Crippen LogP contribution < -0.4 is 9.47 Å². The summed E-state index contributed by atoms with van der Waals surface area (Å²) >= 11 is 3.51. The fourth-order valence-corrected chi connectivity index (χ4v) is 2.80. The van der Waals surface area contributed by atoms with Crippen LogP contribution in [0.3, 0.4) is 0 Å². The van der Waals surface area contributed by atoms with Gasteiger partial charge < -0.3 is 9.47 Å². The molecule has 3 aromatic rings. The van der Waals surface area contributed by atoms with Crippen molar-refractivity contribution in [3.63, 3.8) is 0 Å². The van der Waals surface area contributed by atoms with Gasteiger partial charge in [-0.05, 0) is 55.0 Å². The van der Waals surface area contributed by atoms with Crippen LogP contribution in [0.15, 0.2) is 82.3 Å². The predicted molar refractivity (Wildman–Crippen MR) is 110 cm³/mol. The van der Waals surface area contributed by atoms with E-state index in [1.807, 2.05) is 85.9 Å². The van der Waals surface area contributed by atoms with Crippen LogP contribution in [0.5, 0.6) is 11.5 Å². The number of aliphatic imine (C=N–C) groups is 1. The van der Waals surface area contributed by atoms with Crippen molar-refractivity contribution in [1.29, 1.82) is 0 Å². The fraction of sp³-hybridized carbons (Fsp3) is 0.136. The maximum Gasteiger partial charge on any atom is 0.128 e. The van der Waals surface area contributed by atoms with E-state index in [1.54, 1.807) is 0 Å². The van der Waals surface area contributed by atoms with Crippen molar-refractivity contribution in [3.05, 3.63) is 88.4 Å². The minimum absolute atomic E-state index is 0.520. The Morgan fingerprint density at radius 2 is 1.69 bits per heavy atom. The van der Waals surface area contributed by atoms with Gasteiger partial charge in [0.25, 0.3) is 0 Å². The molecule has 0 heterocycles. The molecule has 26 heavy (non-hydrogen) atoms. The third-order valence-corrected chi connectivity index (χ3v) is 4.20. The highest BCUT2D eigenvalue weighted by atomic mass is 79.9. The molecule has 0 N–H and O–H groups in total. The maximum absolute atomic E-state index is 5.99. The summed E-state index contributed by atoms with van der Waals surface area (Å²) in [4.78, 5) is 4.55. The molecule has 0 unspecified atom stereocenters. The summed E-state index contributed by atoms with van der Waals surface area (Å²) in [6.45, 7) is 3.14. The van der Waals surface area contributed by atoms with Crippen LogP contribution in [0.4, 0.5) is 5.69 Å². The molecule has 0 aliphatic rings. The fourth-order valence-electron chi connectivity index (χ4n) is 2.43. The Bertz CT molecular complexity index is 861. The lowest BCUT2D eigenvalue weighted by Gasteiger charge is -2.10. The largest absolute Gasteiger partial charge is 0.494 e. The van der Waals surface area contributed by atoms with Gasteiger partial charge in [-0.25, -0.2) is 0 Å². The molecule has 3 aromatic carbocycles. The van der Waals surface area contributed by atoms with E-state index in [-0.39, 0.29) is 0 Å². The van der Waals surface area contributed by atoms with Crippen molar-refractivity contribution in [3.8, 4) is 11.5 Å². The molecule has 0 aliphatic heterocycles. The second-order valence-corrected chi connectivity index (χ2v) is 6.56. The van der Waals surface area contributed by atoms with Crippen LogP contribution in [-0.2, 0) is 6.61 Å². The topological polar surface area (TPSA) is 30.8 Å². The Morgan fingerprint density at radius 1 is 0.923 bits per heavy atom. The van der Waals surface area contributed by atoms with E-state index in [0.717, 1.165) is 32.8 Å². The van der Waals surface area contributed by atoms with Gasteiger partial charge in [0, 0.05) is 16.3 Å². The average molecular weight is 410 g/mol. The lowest BCUT2D eigenvalue weighted by Crippen LogP contribution is -1.98. The quantitative estimate of drug-likeness (QED) is 0.436. The van der Waals surface area contributed by atoms with Crippen molar-refractivity contribution in [2.45, 2.75) is 13.5 Å². The molecule has 0 amide bonds. The molecule has 0 aromatic heterocycles. The minimum Gasteiger partial charge on any atom is -0.494 e. The lowest BCUT2D eigenvalue weighted by molar-refractivity contribution is 0.306. The molecule has 0 fully saturated rings. The molecule has 4 heteroatoms. The van der Waals surface area contributed by atoms with Gasteiger partial charge in [-0.3, -0.25) is 4.99 Å². The van der Waals surface area contributed by atoms with Crippen LogP contribution in [-0.4, -0.2) is 12.8 Å². The SMILES string of the molecule is CCOc1ccc(N=Cc2cc(Br)ccc2OCc2ccccc2)cc1. The first kappa shape index (κ1) is 18.2. The summed E-state index contributed by atoms with van der Waals surface area (Å²) in [5, 5.41) is 0. The van der Waals surface area contributed by atoms with Gasteiger partial charge in [0.15, 0.2) is 0 Å². The van der Waals surface area contributed by atoms with Crippen LogP contribution in [0.1, 0.15) is 18.1 Å². The van der Waals surface area contributed by atoms with Crippen LogP contribution in [0, 0.1) is 0 Å². The van der Waals surface area contributed by atoms with E-state index in [1.165, 1.54) is 0 Å². The first-order chi connectivity index (χ1) is 12.7. The molecule has 0 radical (unpaired) electrons. The van der Waals surface area contributed by atoms with Gasteiger partial charge in [0.05, 0.1) is 12.3 Å². The number of rotatable bonds is 7. The number of halogens is 1. The Labute approximate surface area is 162 Å². The molecule has 3 nitrogen and oxygen atoms in total. The summed E-state index contributed by atoms with van der Waals surface area (Å²) in [6, 6.07) is 23.7. The molecule has 0 atom stereocenters. The standard InChI is InChI=1S/C22H20BrNO2/c1-2-25-21-11-9-20(10-12-21)24-15-18-14-19(23)8-13-22(18)26-16-17-6-4-3-5-7-17/h3-15H,2,16H2,1H3. The highest BCUT2D eigenvalue weighted by molar-refractivity contribution is 9.10. The zero-order valence-electron chi connectivity index (χ0n) is 14.6. The molecule has 132 valence electrons. The molecular formula is C22H20BrNO2. The zero-order valence-corrected chi connectivity index (χ0v) is 16.1. The van der Waals surface area contributed by atoms with Gasteiger partial charge in [0.1, 0.15) is 18.1 Å². The molecule has 0 saturated carbocycles. The highest BCUT2D eigenvalue weighted by Crippen LogP contribution is 2.24. The number of benzene rings is 3. The molecule has 0 spiro atoms. The number of ether oxygens (including phenoxy) is 2. The van der Waals surface area contributed by atoms with Gasteiger partial charge >= 0.3 is 0 Å². The van der Waals surface area contributed by atoms with Crippen LogP contribution in [0.25, 0.3) is 0 Å². The summed E-state index contributed by atoms with van der Waals surface area (Å²) in [5.41, 5.74) is 2.91. The van der Waals surface area contributed by atoms with Crippen molar-refractivity contribution in [2.24, 2.45) is 4.99 Å². The Kier molecular flexibility index (Phi) is 6.45. The molecule has 0 saturated heterocycles. The first-order valence-corrected chi connectivity index (χ1v) is 9.27. The summed E-state index contributed by atoms with van der Waals surface area (Å²) in [6.07, 6.45) is 1.82. The van der Waals surface area contributed by atoms with Gasteiger partial charge in [0.2, 0.25) is 0 Å². The molecule has 3 rings (SSSR count). The van der Waals surface area contributed by atoms with Crippen molar-refractivity contribution in [1.82, 2.24) is 0 Å². The van der Waals surface area contributed by atoms with E-state index in [9.17, 15) is 0 Å². The highest BCUT2D eigenvalue weighted by Gasteiger charge is 2.04. The van der Waals surface area contributed by atoms with Crippen LogP contribution in [0.2, 0.25) is 0 Å². The zero-order chi connectivity index (χ0) is 18.2. The van der Waals surface area contributed by atoms with Crippen molar-refractivity contribution in [2.75, 3.05) is 6.61 Å². The second-order valence-electron chi connectivity index (χ2n) is 5.64. The summed E-state index contributed by atoms with van der Waals surface area (Å²) in [5.74, 6) is 1.65. The molecule has 0 bridgehead atoms.